The average Bonchev–Trinajstić information content (AvgIpc) is 2.49. The van der Waals surface area contributed by atoms with Gasteiger partial charge in [0.1, 0.15) is 0 Å². The fourth-order valence-corrected chi connectivity index (χ4v) is 1.90. The zero-order valence-electron chi connectivity index (χ0n) is 10.9. The van der Waals surface area contributed by atoms with E-state index in [0.29, 0.717) is 12.1 Å². The molecule has 4 nitrogen and oxygen atoms in total. The highest BCUT2D eigenvalue weighted by atomic mass is 16.1. The van der Waals surface area contributed by atoms with Crippen molar-refractivity contribution in [2.45, 2.75) is 5.92 Å². The molecule has 100 valence electrons. The number of anilines is 1. The molecular weight excluding hydrogens is 250 g/mol. The van der Waals surface area contributed by atoms with Crippen LogP contribution in [0.15, 0.2) is 54.6 Å². The number of hydrogen-bond donors (Lipinski definition) is 2. The molecule has 0 aromatic heterocycles. The third-order valence-electron chi connectivity index (χ3n) is 3.04. The predicted octanol–water partition coefficient (Wildman–Crippen LogP) is 2.50. The van der Waals surface area contributed by atoms with Gasteiger partial charge >= 0.3 is 0 Å². The summed E-state index contributed by atoms with van der Waals surface area (Å²) in [6, 6.07) is 18.8. The summed E-state index contributed by atoms with van der Waals surface area (Å²) in [4.78, 5) is 11.0. The zero-order valence-corrected chi connectivity index (χ0v) is 10.9. The monoisotopic (exact) mass is 265 g/mol. The van der Waals surface area contributed by atoms with Gasteiger partial charge < -0.3 is 11.1 Å². The van der Waals surface area contributed by atoms with Gasteiger partial charge in [-0.25, -0.2) is 0 Å². The maximum Gasteiger partial charge on any atom is 0.248 e. The van der Waals surface area contributed by atoms with Crippen LogP contribution in [0.1, 0.15) is 21.8 Å². The molecule has 0 saturated heterocycles. The predicted molar refractivity (Wildman–Crippen MR) is 78.2 cm³/mol. The molecule has 0 fully saturated rings. The molecule has 0 aliphatic rings. The summed E-state index contributed by atoms with van der Waals surface area (Å²) >= 11 is 0. The second kappa shape index (κ2) is 6.39. The molecule has 0 aliphatic carbocycles. The number of carbonyl (C=O) groups is 1. The van der Waals surface area contributed by atoms with Crippen molar-refractivity contribution in [2.24, 2.45) is 5.73 Å². The van der Waals surface area contributed by atoms with Crippen molar-refractivity contribution in [2.75, 3.05) is 11.9 Å². The molecule has 1 unspecified atom stereocenters. The number of nitrogens with one attached hydrogen (secondary N) is 1. The Labute approximate surface area is 117 Å². The van der Waals surface area contributed by atoms with Crippen molar-refractivity contribution in [3.63, 3.8) is 0 Å². The molecule has 2 aromatic rings. The first-order valence-corrected chi connectivity index (χ1v) is 6.29. The van der Waals surface area contributed by atoms with Crippen LogP contribution in [0.25, 0.3) is 0 Å². The third kappa shape index (κ3) is 3.36. The van der Waals surface area contributed by atoms with Crippen LogP contribution < -0.4 is 11.1 Å². The first-order valence-electron chi connectivity index (χ1n) is 6.29. The molecule has 0 radical (unpaired) electrons. The van der Waals surface area contributed by atoms with E-state index in [1.54, 1.807) is 24.3 Å². The smallest absolute Gasteiger partial charge is 0.248 e. The van der Waals surface area contributed by atoms with Crippen molar-refractivity contribution in [3.8, 4) is 6.07 Å². The number of nitrogens with zero attached hydrogens (tertiary/aromatic N) is 1. The Bertz CT molecular complexity index is 614. The van der Waals surface area contributed by atoms with Gasteiger partial charge in [-0.1, -0.05) is 30.3 Å². The van der Waals surface area contributed by atoms with E-state index in [2.05, 4.69) is 11.4 Å². The normalized spacial score (nSPS) is 11.3. The largest absolute Gasteiger partial charge is 0.383 e. The highest BCUT2D eigenvalue weighted by Crippen LogP contribution is 2.16. The first-order chi connectivity index (χ1) is 9.70. The number of amides is 1. The van der Waals surface area contributed by atoms with E-state index in [4.69, 9.17) is 5.73 Å². The highest BCUT2D eigenvalue weighted by Gasteiger charge is 2.09. The minimum absolute atomic E-state index is 0.216. The summed E-state index contributed by atoms with van der Waals surface area (Å²) in [6.07, 6.45) is 0. The van der Waals surface area contributed by atoms with Crippen LogP contribution in [0.2, 0.25) is 0 Å². The van der Waals surface area contributed by atoms with Crippen LogP contribution >= 0.6 is 0 Å². The zero-order chi connectivity index (χ0) is 14.4. The average molecular weight is 265 g/mol. The van der Waals surface area contributed by atoms with Crippen LogP contribution in [-0.4, -0.2) is 12.5 Å². The molecule has 0 saturated carbocycles. The van der Waals surface area contributed by atoms with Crippen LogP contribution in [0.4, 0.5) is 5.69 Å². The number of benzene rings is 2. The minimum Gasteiger partial charge on any atom is -0.383 e. The number of rotatable bonds is 5. The fraction of sp³-hybridized carbons (Fsp3) is 0.125. The molecule has 3 N–H and O–H groups in total. The molecular formula is C16H15N3O. The van der Waals surface area contributed by atoms with Crippen LogP contribution in [0, 0.1) is 11.3 Å². The lowest BCUT2D eigenvalue weighted by molar-refractivity contribution is 0.100. The Morgan fingerprint density at radius 1 is 1.15 bits per heavy atom. The summed E-state index contributed by atoms with van der Waals surface area (Å²) < 4.78 is 0. The molecule has 0 aliphatic heterocycles. The summed E-state index contributed by atoms with van der Waals surface area (Å²) in [5, 5.41) is 12.4. The fourth-order valence-electron chi connectivity index (χ4n) is 1.90. The second-order valence-corrected chi connectivity index (χ2v) is 4.41. The highest BCUT2D eigenvalue weighted by molar-refractivity contribution is 5.93. The van der Waals surface area contributed by atoms with Crippen molar-refractivity contribution in [1.82, 2.24) is 0 Å². The number of nitrogens with two attached hydrogens (primary N) is 1. The van der Waals surface area contributed by atoms with Crippen LogP contribution in [0.3, 0.4) is 0 Å². The maximum atomic E-state index is 11.0. The molecule has 0 bridgehead atoms. The number of hydrogen-bond acceptors (Lipinski definition) is 3. The van der Waals surface area contributed by atoms with E-state index in [1.807, 2.05) is 30.3 Å². The molecule has 20 heavy (non-hydrogen) atoms. The van der Waals surface area contributed by atoms with Crippen molar-refractivity contribution in [3.05, 3.63) is 65.7 Å². The van der Waals surface area contributed by atoms with Gasteiger partial charge in [0.25, 0.3) is 0 Å². The van der Waals surface area contributed by atoms with Gasteiger partial charge in [0.15, 0.2) is 0 Å². The summed E-state index contributed by atoms with van der Waals surface area (Å²) in [7, 11) is 0. The number of primary amides is 1. The Hall–Kier alpha value is -2.80. The maximum absolute atomic E-state index is 11.0. The Morgan fingerprint density at radius 3 is 2.35 bits per heavy atom. The minimum atomic E-state index is -0.448. The van der Waals surface area contributed by atoms with Crippen LogP contribution in [0.5, 0.6) is 0 Å². The summed E-state index contributed by atoms with van der Waals surface area (Å²) in [5.74, 6) is -0.664. The van der Waals surface area contributed by atoms with E-state index in [0.717, 1.165) is 11.3 Å². The van der Waals surface area contributed by atoms with Crippen LogP contribution in [-0.2, 0) is 0 Å². The quantitative estimate of drug-likeness (QED) is 0.871. The van der Waals surface area contributed by atoms with Crippen molar-refractivity contribution >= 4 is 11.6 Å². The summed E-state index contributed by atoms with van der Waals surface area (Å²) in [6.45, 7) is 0.510. The van der Waals surface area contributed by atoms with Gasteiger partial charge in [0.05, 0.1) is 12.0 Å². The molecule has 1 amide bonds. The van der Waals surface area contributed by atoms with Gasteiger partial charge in [-0.2, -0.15) is 5.26 Å². The van der Waals surface area contributed by atoms with Gasteiger partial charge in [0.2, 0.25) is 5.91 Å². The standard InChI is InChI=1S/C16H15N3O/c17-10-14(12-4-2-1-3-5-12)11-19-15-8-6-13(7-9-15)16(18)20/h1-9,14,19H,11H2,(H2,18,20). The Kier molecular flexibility index (Phi) is 4.35. The van der Waals surface area contributed by atoms with E-state index in [-0.39, 0.29) is 5.92 Å². The van der Waals surface area contributed by atoms with Gasteiger partial charge in [0, 0.05) is 17.8 Å². The topological polar surface area (TPSA) is 78.9 Å². The molecule has 4 heteroatoms. The lowest BCUT2D eigenvalue weighted by Gasteiger charge is -2.12. The molecule has 2 rings (SSSR count). The molecule has 0 heterocycles. The SMILES string of the molecule is N#CC(CNc1ccc(C(N)=O)cc1)c1ccccc1. The van der Waals surface area contributed by atoms with Gasteiger partial charge in [-0.15, -0.1) is 0 Å². The first kappa shape index (κ1) is 13.6. The number of nitriles is 1. The van der Waals surface area contributed by atoms with Gasteiger partial charge in [-0.3, -0.25) is 4.79 Å². The lowest BCUT2D eigenvalue weighted by Crippen LogP contribution is -2.12. The van der Waals surface area contributed by atoms with E-state index >= 15 is 0 Å². The third-order valence-corrected chi connectivity index (χ3v) is 3.04. The van der Waals surface area contributed by atoms with E-state index in [1.165, 1.54) is 0 Å². The van der Waals surface area contributed by atoms with Crippen molar-refractivity contribution in [1.29, 1.82) is 5.26 Å². The van der Waals surface area contributed by atoms with Gasteiger partial charge in [-0.05, 0) is 29.8 Å². The van der Waals surface area contributed by atoms with E-state index in [9.17, 15) is 10.1 Å². The second-order valence-electron chi connectivity index (χ2n) is 4.41. The number of carbonyl (C=O) groups excluding carboxylic acids is 1. The lowest BCUT2D eigenvalue weighted by atomic mass is 10.0. The molecule has 2 aromatic carbocycles. The Morgan fingerprint density at radius 2 is 1.80 bits per heavy atom. The summed E-state index contributed by atoms with van der Waals surface area (Å²) in [5.41, 5.74) is 7.48. The van der Waals surface area contributed by atoms with E-state index < -0.39 is 5.91 Å². The Balaban J connectivity index is 2.00. The molecule has 1 atom stereocenters. The molecule has 0 spiro atoms. The van der Waals surface area contributed by atoms with Crippen molar-refractivity contribution < 1.29 is 4.79 Å².